The quantitative estimate of drug-likeness (QED) is 0.628. The van der Waals surface area contributed by atoms with E-state index in [1.807, 2.05) is 20.0 Å². The lowest BCUT2D eigenvalue weighted by atomic mass is 9.78. The van der Waals surface area contributed by atoms with Gasteiger partial charge in [-0.2, -0.15) is 0 Å². The number of aryl methyl sites for hydroxylation is 1. The second-order valence-electron chi connectivity index (χ2n) is 9.18. The summed E-state index contributed by atoms with van der Waals surface area (Å²) in [7, 11) is 1.88. The molecule has 28 heavy (non-hydrogen) atoms. The van der Waals surface area contributed by atoms with Gasteiger partial charge < -0.3 is 19.5 Å². The lowest BCUT2D eigenvalue weighted by Gasteiger charge is -2.41. The highest BCUT2D eigenvalue weighted by Gasteiger charge is 2.35. The number of guanidine groups is 1. The van der Waals surface area contributed by atoms with Gasteiger partial charge in [-0.3, -0.25) is 9.89 Å². The topological polar surface area (TPSA) is 66.1 Å². The molecular formula is C21H37N5O2. The van der Waals surface area contributed by atoms with Gasteiger partial charge in [0.25, 0.3) is 0 Å². The van der Waals surface area contributed by atoms with Crippen molar-refractivity contribution in [3.63, 3.8) is 0 Å². The van der Waals surface area contributed by atoms with Crippen molar-refractivity contribution in [3.8, 4) is 0 Å². The molecule has 0 saturated carbocycles. The molecule has 2 fully saturated rings. The third kappa shape index (κ3) is 5.47. The molecular weight excluding hydrogens is 354 g/mol. The van der Waals surface area contributed by atoms with Gasteiger partial charge in [0.15, 0.2) is 5.96 Å². The van der Waals surface area contributed by atoms with Crippen LogP contribution >= 0.6 is 0 Å². The number of hydrogen-bond acceptors (Lipinski definition) is 5. The van der Waals surface area contributed by atoms with Gasteiger partial charge in [-0.05, 0) is 25.2 Å². The van der Waals surface area contributed by atoms with E-state index in [2.05, 4.69) is 46.0 Å². The fourth-order valence-electron chi connectivity index (χ4n) is 4.40. The highest BCUT2D eigenvalue weighted by atomic mass is 16.5. The molecule has 3 rings (SSSR count). The van der Waals surface area contributed by atoms with Gasteiger partial charge in [0, 0.05) is 64.9 Å². The Kier molecular flexibility index (Phi) is 6.99. The van der Waals surface area contributed by atoms with Crippen LogP contribution in [0.2, 0.25) is 0 Å². The summed E-state index contributed by atoms with van der Waals surface area (Å²) in [4.78, 5) is 9.32. The molecule has 1 aromatic heterocycles. The van der Waals surface area contributed by atoms with E-state index in [1.54, 1.807) is 0 Å². The van der Waals surface area contributed by atoms with Crippen LogP contribution < -0.4 is 5.32 Å². The van der Waals surface area contributed by atoms with Crippen LogP contribution in [0.1, 0.15) is 45.1 Å². The molecule has 0 bridgehead atoms. The number of aromatic nitrogens is 1. The molecule has 1 aromatic rings. The van der Waals surface area contributed by atoms with E-state index < -0.39 is 0 Å². The van der Waals surface area contributed by atoms with Crippen LogP contribution in [-0.4, -0.2) is 73.4 Å². The third-order valence-electron chi connectivity index (χ3n) is 5.77. The first-order valence-corrected chi connectivity index (χ1v) is 10.6. The monoisotopic (exact) mass is 391 g/mol. The Hall–Kier alpha value is -1.60. The Labute approximate surface area is 169 Å². The van der Waals surface area contributed by atoms with Crippen LogP contribution in [0.4, 0.5) is 0 Å². The molecule has 2 aliphatic rings. The molecule has 3 heterocycles. The van der Waals surface area contributed by atoms with Gasteiger partial charge in [-0.25, -0.2) is 0 Å². The average molecular weight is 392 g/mol. The van der Waals surface area contributed by atoms with Gasteiger partial charge >= 0.3 is 0 Å². The van der Waals surface area contributed by atoms with Crippen LogP contribution in [0.3, 0.4) is 0 Å². The lowest BCUT2D eigenvalue weighted by molar-refractivity contribution is -0.0836. The van der Waals surface area contributed by atoms with E-state index in [1.165, 1.54) is 6.42 Å². The second kappa shape index (κ2) is 9.27. The van der Waals surface area contributed by atoms with E-state index >= 15 is 0 Å². The number of ether oxygens (including phenoxy) is 1. The molecule has 2 unspecified atom stereocenters. The maximum absolute atomic E-state index is 6.13. The minimum absolute atomic E-state index is 0.168. The van der Waals surface area contributed by atoms with Crippen molar-refractivity contribution in [1.82, 2.24) is 20.3 Å². The number of nitrogens with zero attached hydrogens (tertiary/aromatic N) is 4. The van der Waals surface area contributed by atoms with Crippen molar-refractivity contribution in [2.45, 2.75) is 53.2 Å². The number of rotatable bonds is 4. The van der Waals surface area contributed by atoms with Gasteiger partial charge in [0.2, 0.25) is 0 Å². The Morgan fingerprint density at radius 3 is 2.64 bits per heavy atom. The Morgan fingerprint density at radius 2 is 2.04 bits per heavy atom. The smallest absolute Gasteiger partial charge is 0.193 e. The van der Waals surface area contributed by atoms with Gasteiger partial charge in [0.1, 0.15) is 5.76 Å². The van der Waals surface area contributed by atoms with E-state index in [-0.39, 0.29) is 5.41 Å². The summed E-state index contributed by atoms with van der Waals surface area (Å²) in [5, 5.41) is 7.74. The molecule has 0 spiro atoms. The van der Waals surface area contributed by atoms with Crippen LogP contribution in [0.25, 0.3) is 0 Å². The van der Waals surface area contributed by atoms with Crippen molar-refractivity contribution in [3.05, 3.63) is 17.5 Å². The molecule has 0 aromatic carbocycles. The SMILES string of the molecule is CN=C(NCC1CCCOC1C(C)(C)C)N1CCN(Cc2cc(C)on2)CC1. The summed E-state index contributed by atoms with van der Waals surface area (Å²) in [5.74, 6) is 2.41. The van der Waals surface area contributed by atoms with Crippen molar-refractivity contribution < 1.29 is 9.26 Å². The van der Waals surface area contributed by atoms with E-state index in [0.717, 1.165) is 69.7 Å². The summed E-state index contributed by atoms with van der Waals surface area (Å²) in [6.45, 7) is 15.4. The predicted molar refractivity (Wildman–Crippen MR) is 111 cm³/mol. The van der Waals surface area contributed by atoms with Crippen LogP contribution in [0.15, 0.2) is 15.6 Å². The molecule has 7 nitrogen and oxygen atoms in total. The molecule has 0 amide bonds. The Bertz CT molecular complexity index is 643. The largest absolute Gasteiger partial charge is 0.377 e. The van der Waals surface area contributed by atoms with Gasteiger partial charge in [-0.1, -0.05) is 25.9 Å². The molecule has 0 radical (unpaired) electrons. The van der Waals surface area contributed by atoms with E-state index in [4.69, 9.17) is 9.26 Å². The zero-order chi connectivity index (χ0) is 20.1. The van der Waals surface area contributed by atoms with Crippen molar-refractivity contribution >= 4 is 5.96 Å². The molecule has 158 valence electrons. The van der Waals surface area contributed by atoms with Crippen LogP contribution in [0, 0.1) is 18.3 Å². The first kappa shape index (κ1) is 21.1. The molecule has 0 aliphatic carbocycles. The zero-order valence-electron chi connectivity index (χ0n) is 18.2. The Balaban J connectivity index is 1.48. The van der Waals surface area contributed by atoms with Crippen LogP contribution in [0.5, 0.6) is 0 Å². The molecule has 2 aliphatic heterocycles. The number of nitrogens with one attached hydrogen (secondary N) is 1. The minimum Gasteiger partial charge on any atom is -0.377 e. The molecule has 7 heteroatoms. The molecule has 2 saturated heterocycles. The highest BCUT2D eigenvalue weighted by molar-refractivity contribution is 5.80. The third-order valence-corrected chi connectivity index (χ3v) is 5.77. The maximum Gasteiger partial charge on any atom is 0.193 e. The second-order valence-corrected chi connectivity index (χ2v) is 9.18. The van der Waals surface area contributed by atoms with Crippen molar-refractivity contribution in [2.24, 2.45) is 16.3 Å². The van der Waals surface area contributed by atoms with Crippen molar-refractivity contribution in [1.29, 1.82) is 0 Å². The first-order valence-electron chi connectivity index (χ1n) is 10.6. The lowest BCUT2D eigenvalue weighted by Crippen LogP contribution is -2.54. The summed E-state index contributed by atoms with van der Waals surface area (Å²) >= 11 is 0. The first-order chi connectivity index (χ1) is 13.4. The van der Waals surface area contributed by atoms with Gasteiger partial charge in [0.05, 0.1) is 11.8 Å². The number of aliphatic imine (C=N–C) groups is 1. The standard InChI is InChI=1S/C21H37N5O2/c1-16-13-18(24-28-16)15-25-8-10-26(11-9-25)20(22-5)23-14-17-7-6-12-27-19(17)21(2,3)4/h13,17,19H,6-12,14-15H2,1-5H3,(H,22,23). The predicted octanol–water partition coefficient (Wildman–Crippen LogP) is 2.52. The minimum atomic E-state index is 0.168. The normalized spacial score (nSPS) is 25.2. The number of hydrogen-bond donors (Lipinski definition) is 1. The Morgan fingerprint density at radius 1 is 1.29 bits per heavy atom. The van der Waals surface area contributed by atoms with Crippen molar-refractivity contribution in [2.75, 3.05) is 46.4 Å². The highest BCUT2D eigenvalue weighted by Crippen LogP contribution is 2.33. The maximum atomic E-state index is 6.13. The molecule has 2 atom stereocenters. The van der Waals surface area contributed by atoms with E-state index in [9.17, 15) is 0 Å². The molecule has 1 N–H and O–H groups in total. The van der Waals surface area contributed by atoms with E-state index in [0.29, 0.717) is 12.0 Å². The van der Waals surface area contributed by atoms with Gasteiger partial charge in [-0.15, -0.1) is 0 Å². The summed E-state index contributed by atoms with van der Waals surface area (Å²) in [6.07, 6.45) is 2.67. The number of piperazine rings is 1. The fourth-order valence-corrected chi connectivity index (χ4v) is 4.40. The fraction of sp³-hybridized carbons (Fsp3) is 0.810. The summed E-state index contributed by atoms with van der Waals surface area (Å²) in [6, 6.07) is 2.02. The summed E-state index contributed by atoms with van der Waals surface area (Å²) in [5.41, 5.74) is 1.18. The average Bonchev–Trinajstić information content (AvgIpc) is 3.08. The summed E-state index contributed by atoms with van der Waals surface area (Å²) < 4.78 is 11.3. The van der Waals surface area contributed by atoms with Crippen LogP contribution in [-0.2, 0) is 11.3 Å². The zero-order valence-corrected chi connectivity index (χ0v) is 18.2.